The number of halogens is 1. The van der Waals surface area contributed by atoms with E-state index in [1.807, 2.05) is 0 Å². The molecular formula is C18H15FN2O5S2. The smallest absolute Gasteiger partial charge is 0.335 e. The van der Waals surface area contributed by atoms with Gasteiger partial charge in [-0.25, -0.2) is 26.9 Å². The van der Waals surface area contributed by atoms with Crippen molar-refractivity contribution in [2.24, 2.45) is 0 Å². The van der Waals surface area contributed by atoms with Crippen LogP contribution in [0.1, 0.15) is 17.3 Å². The van der Waals surface area contributed by atoms with E-state index in [1.165, 1.54) is 41.7 Å². The van der Waals surface area contributed by atoms with Crippen LogP contribution in [0.3, 0.4) is 0 Å². The Kier molecular flexibility index (Phi) is 5.90. The number of anilines is 2. The van der Waals surface area contributed by atoms with E-state index in [2.05, 4.69) is 4.98 Å². The fourth-order valence-electron chi connectivity index (χ4n) is 2.48. The van der Waals surface area contributed by atoms with Crippen molar-refractivity contribution in [3.8, 4) is 16.3 Å². The van der Waals surface area contributed by atoms with E-state index in [-0.39, 0.29) is 35.2 Å². The van der Waals surface area contributed by atoms with Gasteiger partial charge in [0.25, 0.3) is 0 Å². The zero-order valence-corrected chi connectivity index (χ0v) is 16.2. The van der Waals surface area contributed by atoms with E-state index >= 15 is 0 Å². The Morgan fingerprint density at radius 3 is 2.57 bits per heavy atom. The molecule has 7 nitrogen and oxygen atoms in total. The summed E-state index contributed by atoms with van der Waals surface area (Å²) in [5.41, 5.74) is 0.766. The highest BCUT2D eigenvalue weighted by molar-refractivity contribution is 7.74. The predicted molar refractivity (Wildman–Crippen MR) is 105 cm³/mol. The number of benzene rings is 2. The first-order chi connectivity index (χ1) is 13.4. The van der Waals surface area contributed by atoms with Gasteiger partial charge in [-0.2, -0.15) is 0 Å². The molecule has 0 atom stereocenters. The Hall–Kier alpha value is -2.98. The van der Waals surface area contributed by atoms with Gasteiger partial charge in [0.05, 0.1) is 12.2 Å². The molecule has 0 radical (unpaired) electrons. The molecule has 28 heavy (non-hydrogen) atoms. The van der Waals surface area contributed by atoms with Gasteiger partial charge in [-0.05, 0) is 49.4 Å². The molecule has 0 bridgehead atoms. The summed E-state index contributed by atoms with van der Waals surface area (Å²) in [7, 11) is -3.14. The van der Waals surface area contributed by atoms with Crippen molar-refractivity contribution in [3.63, 3.8) is 0 Å². The topological polar surface area (TPSA) is 96.8 Å². The fourth-order valence-corrected chi connectivity index (χ4v) is 3.96. The standard InChI is InChI=1S/C18H15FN2O5S2/c1-2-26-15-9-12(18(22)23)5-8-14(15)21(28(24)25)16-10-27-17(20-16)11-3-6-13(19)7-4-11/h3-10,28H,2H2,1H3,(H,22,23). The Morgan fingerprint density at radius 1 is 1.25 bits per heavy atom. The average Bonchev–Trinajstić information content (AvgIpc) is 3.13. The fraction of sp³-hybridized carbons (Fsp3) is 0.111. The molecule has 3 rings (SSSR count). The van der Waals surface area contributed by atoms with Gasteiger partial charge in [-0.3, -0.25) is 0 Å². The molecule has 0 fully saturated rings. The number of rotatable bonds is 7. The normalized spacial score (nSPS) is 10.8. The molecule has 1 heterocycles. The van der Waals surface area contributed by atoms with E-state index in [0.29, 0.717) is 10.6 Å². The molecule has 10 heteroatoms. The predicted octanol–water partition coefficient (Wildman–Crippen LogP) is 3.71. The van der Waals surface area contributed by atoms with Gasteiger partial charge in [0.2, 0.25) is 10.9 Å². The Bertz CT molecular complexity index is 1070. The number of thiazole rings is 1. The Labute approximate surface area is 165 Å². The molecule has 0 aliphatic heterocycles. The lowest BCUT2D eigenvalue weighted by molar-refractivity contribution is 0.0696. The van der Waals surface area contributed by atoms with Crippen molar-refractivity contribution in [2.75, 3.05) is 10.9 Å². The minimum atomic E-state index is -3.14. The first-order valence-corrected chi connectivity index (χ1v) is 10.1. The number of ether oxygens (including phenoxy) is 1. The molecule has 0 unspecified atom stereocenters. The second-order valence-corrected chi connectivity index (χ2v) is 7.22. The van der Waals surface area contributed by atoms with Crippen LogP contribution >= 0.6 is 11.3 Å². The zero-order chi connectivity index (χ0) is 20.3. The molecule has 0 saturated carbocycles. The van der Waals surface area contributed by atoms with Crippen molar-refractivity contribution >= 4 is 39.7 Å². The lowest BCUT2D eigenvalue weighted by atomic mass is 10.2. The van der Waals surface area contributed by atoms with Crippen LogP contribution in [0, 0.1) is 5.82 Å². The van der Waals surface area contributed by atoms with Crippen LogP contribution in [-0.2, 0) is 10.9 Å². The molecule has 0 saturated heterocycles. The highest BCUT2D eigenvalue weighted by Gasteiger charge is 2.21. The van der Waals surface area contributed by atoms with Crippen LogP contribution in [0.15, 0.2) is 47.8 Å². The SMILES string of the molecule is CCOc1cc(C(=O)O)ccc1N(c1csc(-c2ccc(F)cc2)n1)[SH](=O)=O. The number of thiol groups is 1. The molecule has 0 aliphatic rings. The quantitative estimate of drug-likeness (QED) is 0.564. The van der Waals surface area contributed by atoms with Crippen molar-refractivity contribution in [1.29, 1.82) is 0 Å². The monoisotopic (exact) mass is 422 g/mol. The number of carbonyl (C=O) groups is 1. The number of aromatic carboxylic acids is 1. The summed E-state index contributed by atoms with van der Waals surface area (Å²) in [4.78, 5) is 15.5. The van der Waals surface area contributed by atoms with Crippen molar-refractivity contribution in [3.05, 3.63) is 59.2 Å². The van der Waals surface area contributed by atoms with E-state index in [9.17, 15) is 17.6 Å². The zero-order valence-electron chi connectivity index (χ0n) is 14.5. The van der Waals surface area contributed by atoms with E-state index < -0.39 is 16.9 Å². The molecule has 2 aromatic carbocycles. The van der Waals surface area contributed by atoms with Gasteiger partial charge in [-0.15, -0.1) is 11.3 Å². The van der Waals surface area contributed by atoms with Gasteiger partial charge >= 0.3 is 5.97 Å². The molecule has 1 N–H and O–H groups in total. The summed E-state index contributed by atoms with van der Waals surface area (Å²) >= 11 is 1.20. The maximum atomic E-state index is 13.1. The molecule has 0 spiro atoms. The summed E-state index contributed by atoms with van der Waals surface area (Å²) in [5, 5.41) is 11.2. The largest absolute Gasteiger partial charge is 0.492 e. The molecule has 146 valence electrons. The van der Waals surface area contributed by atoms with Crippen LogP contribution in [0.5, 0.6) is 5.75 Å². The molecule has 0 aliphatic carbocycles. The van der Waals surface area contributed by atoms with Crippen LogP contribution in [0.2, 0.25) is 0 Å². The second-order valence-electron chi connectivity index (χ2n) is 5.49. The molecule has 1 aromatic heterocycles. The lowest BCUT2D eigenvalue weighted by Gasteiger charge is -2.19. The third-order valence-electron chi connectivity index (χ3n) is 3.70. The maximum absolute atomic E-state index is 13.1. The maximum Gasteiger partial charge on any atom is 0.335 e. The van der Waals surface area contributed by atoms with Crippen molar-refractivity contribution in [1.82, 2.24) is 4.98 Å². The van der Waals surface area contributed by atoms with E-state index in [1.54, 1.807) is 24.4 Å². The van der Waals surface area contributed by atoms with E-state index in [4.69, 9.17) is 9.84 Å². The van der Waals surface area contributed by atoms with Crippen molar-refractivity contribution in [2.45, 2.75) is 6.92 Å². The van der Waals surface area contributed by atoms with E-state index in [0.717, 1.165) is 4.31 Å². The number of carboxylic acids is 1. The minimum Gasteiger partial charge on any atom is -0.492 e. The number of nitrogens with zero attached hydrogens (tertiary/aromatic N) is 2. The summed E-state index contributed by atoms with van der Waals surface area (Å²) in [6, 6.07) is 9.59. The minimum absolute atomic E-state index is 0.0291. The average molecular weight is 422 g/mol. The second kappa shape index (κ2) is 8.36. The van der Waals surface area contributed by atoms with Crippen LogP contribution < -0.4 is 9.04 Å². The van der Waals surface area contributed by atoms with Gasteiger partial charge in [0, 0.05) is 10.9 Å². The molecule has 0 amide bonds. The molecular weight excluding hydrogens is 407 g/mol. The number of carboxylic acid groups (broad SMARTS) is 1. The lowest BCUT2D eigenvalue weighted by Crippen LogP contribution is -2.16. The third kappa shape index (κ3) is 4.12. The van der Waals surface area contributed by atoms with Gasteiger partial charge in [0.1, 0.15) is 22.3 Å². The van der Waals surface area contributed by atoms with Gasteiger partial charge in [0.15, 0.2) is 5.82 Å². The third-order valence-corrected chi connectivity index (χ3v) is 5.32. The summed E-state index contributed by atoms with van der Waals surface area (Å²) < 4.78 is 43.5. The highest BCUT2D eigenvalue weighted by atomic mass is 32.2. The first-order valence-electron chi connectivity index (χ1n) is 8.06. The van der Waals surface area contributed by atoms with Gasteiger partial charge < -0.3 is 9.84 Å². The van der Waals surface area contributed by atoms with Crippen LogP contribution in [0.4, 0.5) is 15.9 Å². The Morgan fingerprint density at radius 2 is 1.96 bits per heavy atom. The van der Waals surface area contributed by atoms with Crippen LogP contribution in [0.25, 0.3) is 10.6 Å². The summed E-state index contributed by atoms with van der Waals surface area (Å²) in [6.07, 6.45) is 0. The Balaban J connectivity index is 2.05. The number of aromatic nitrogens is 1. The van der Waals surface area contributed by atoms with Gasteiger partial charge in [-0.1, -0.05) is 0 Å². The molecule has 3 aromatic rings. The summed E-state index contributed by atoms with van der Waals surface area (Å²) in [6.45, 7) is 1.92. The summed E-state index contributed by atoms with van der Waals surface area (Å²) in [5.74, 6) is -1.30. The highest BCUT2D eigenvalue weighted by Crippen LogP contribution is 2.37. The number of hydrogen-bond acceptors (Lipinski definition) is 6. The van der Waals surface area contributed by atoms with Crippen molar-refractivity contribution < 1.29 is 27.4 Å². The first kappa shape index (κ1) is 19.8. The van der Waals surface area contributed by atoms with Crippen LogP contribution in [-0.4, -0.2) is 31.1 Å². The number of hydrogen-bond donors (Lipinski definition) is 2.